The molecule has 1 aromatic rings. The van der Waals surface area contributed by atoms with Crippen LogP contribution in [0.2, 0.25) is 0 Å². The summed E-state index contributed by atoms with van der Waals surface area (Å²) in [6, 6.07) is 1.86. The van der Waals surface area contributed by atoms with Gasteiger partial charge in [0.15, 0.2) is 0 Å². The Bertz CT molecular complexity index is 377. The number of ether oxygens (including phenoxy) is 1. The molecule has 3 N–H and O–H groups in total. The lowest BCUT2D eigenvalue weighted by atomic mass is 9.92. The first kappa shape index (κ1) is 11.7. The highest BCUT2D eigenvalue weighted by Gasteiger charge is 2.27. The second-order valence-corrected chi connectivity index (χ2v) is 5.25. The Morgan fingerprint density at radius 2 is 2.19 bits per heavy atom. The largest absolute Gasteiger partial charge is 0.397 e. The lowest BCUT2D eigenvalue weighted by Gasteiger charge is -2.35. The van der Waals surface area contributed by atoms with Crippen LogP contribution in [0.4, 0.5) is 11.5 Å². The van der Waals surface area contributed by atoms with Crippen molar-refractivity contribution in [2.24, 2.45) is 0 Å². The van der Waals surface area contributed by atoms with Gasteiger partial charge in [-0.2, -0.15) is 0 Å². The monoisotopic (exact) mass is 285 g/mol. The predicted molar refractivity (Wildman–Crippen MR) is 68.4 cm³/mol. The van der Waals surface area contributed by atoms with E-state index in [0.717, 1.165) is 36.3 Å². The molecule has 0 bridgehead atoms. The molecule has 2 heterocycles. The fourth-order valence-corrected chi connectivity index (χ4v) is 2.24. The molecule has 0 aliphatic carbocycles. The highest BCUT2D eigenvalue weighted by Crippen LogP contribution is 2.29. The number of aromatic nitrogens is 1. The third-order valence-corrected chi connectivity index (χ3v) is 3.48. The zero-order chi connectivity index (χ0) is 11.6. The molecule has 1 aromatic heterocycles. The SMILES string of the molecule is CC1(Nc2ncc(N)cc2Br)CCOCC1. The molecule has 16 heavy (non-hydrogen) atoms. The second-order valence-electron chi connectivity index (χ2n) is 4.40. The minimum Gasteiger partial charge on any atom is -0.397 e. The summed E-state index contributed by atoms with van der Waals surface area (Å²) in [7, 11) is 0. The van der Waals surface area contributed by atoms with Crippen molar-refractivity contribution >= 4 is 27.4 Å². The Labute approximate surface area is 104 Å². The Morgan fingerprint density at radius 3 is 2.81 bits per heavy atom. The van der Waals surface area contributed by atoms with E-state index in [4.69, 9.17) is 10.5 Å². The molecule has 0 saturated carbocycles. The lowest BCUT2D eigenvalue weighted by Crippen LogP contribution is -2.41. The van der Waals surface area contributed by atoms with Crippen LogP contribution < -0.4 is 11.1 Å². The van der Waals surface area contributed by atoms with Gasteiger partial charge >= 0.3 is 0 Å². The van der Waals surface area contributed by atoms with E-state index in [1.165, 1.54) is 0 Å². The summed E-state index contributed by atoms with van der Waals surface area (Å²) < 4.78 is 6.26. The van der Waals surface area contributed by atoms with Crippen molar-refractivity contribution in [3.63, 3.8) is 0 Å². The molecule has 2 rings (SSSR count). The van der Waals surface area contributed by atoms with E-state index in [0.29, 0.717) is 5.69 Å². The second kappa shape index (κ2) is 4.59. The third-order valence-electron chi connectivity index (χ3n) is 2.88. The van der Waals surface area contributed by atoms with Gasteiger partial charge in [-0.15, -0.1) is 0 Å². The normalized spacial score (nSPS) is 19.4. The molecule has 88 valence electrons. The molecule has 1 aliphatic rings. The van der Waals surface area contributed by atoms with E-state index >= 15 is 0 Å². The van der Waals surface area contributed by atoms with Crippen molar-refractivity contribution in [2.45, 2.75) is 25.3 Å². The molecule has 0 amide bonds. The molecule has 1 saturated heterocycles. The summed E-state index contributed by atoms with van der Waals surface area (Å²) in [5.41, 5.74) is 6.37. The molecule has 0 radical (unpaired) electrons. The Hall–Kier alpha value is -0.810. The number of pyridine rings is 1. The maximum Gasteiger partial charge on any atom is 0.140 e. The minimum atomic E-state index is 0.0594. The van der Waals surface area contributed by atoms with Crippen molar-refractivity contribution < 1.29 is 4.74 Å². The van der Waals surface area contributed by atoms with Crippen molar-refractivity contribution in [2.75, 3.05) is 24.3 Å². The first-order chi connectivity index (χ1) is 7.59. The van der Waals surface area contributed by atoms with Crippen molar-refractivity contribution in [3.05, 3.63) is 16.7 Å². The van der Waals surface area contributed by atoms with E-state index < -0.39 is 0 Å². The maximum atomic E-state index is 5.65. The van der Waals surface area contributed by atoms with E-state index in [1.54, 1.807) is 6.20 Å². The minimum absolute atomic E-state index is 0.0594. The maximum absolute atomic E-state index is 5.65. The van der Waals surface area contributed by atoms with Crippen molar-refractivity contribution in [3.8, 4) is 0 Å². The molecule has 1 fully saturated rings. The van der Waals surface area contributed by atoms with Gasteiger partial charge in [0.05, 0.1) is 16.4 Å². The topological polar surface area (TPSA) is 60.2 Å². The van der Waals surface area contributed by atoms with Gasteiger partial charge in [-0.1, -0.05) is 0 Å². The zero-order valence-corrected chi connectivity index (χ0v) is 10.9. The van der Waals surface area contributed by atoms with Crippen LogP contribution in [0.1, 0.15) is 19.8 Å². The number of nitrogen functional groups attached to an aromatic ring is 1. The van der Waals surface area contributed by atoms with E-state index in [2.05, 4.69) is 33.2 Å². The molecule has 0 unspecified atom stereocenters. The van der Waals surface area contributed by atoms with Crippen LogP contribution in [0.15, 0.2) is 16.7 Å². The number of halogens is 1. The molecule has 0 aromatic carbocycles. The fraction of sp³-hybridized carbons (Fsp3) is 0.545. The van der Waals surface area contributed by atoms with Crippen LogP contribution >= 0.6 is 15.9 Å². The Morgan fingerprint density at radius 1 is 1.50 bits per heavy atom. The number of nitrogens with two attached hydrogens (primary N) is 1. The number of nitrogens with zero attached hydrogens (tertiary/aromatic N) is 1. The number of anilines is 2. The Kier molecular flexibility index (Phi) is 3.35. The summed E-state index contributed by atoms with van der Waals surface area (Å²) >= 11 is 3.46. The van der Waals surface area contributed by atoms with Gasteiger partial charge in [-0.25, -0.2) is 4.98 Å². The number of nitrogens with one attached hydrogen (secondary N) is 1. The van der Waals surface area contributed by atoms with Gasteiger partial charge in [-0.05, 0) is 41.8 Å². The molecular formula is C11H16BrN3O. The molecular weight excluding hydrogens is 270 g/mol. The quantitative estimate of drug-likeness (QED) is 0.876. The average Bonchev–Trinajstić information content (AvgIpc) is 2.23. The molecule has 0 spiro atoms. The van der Waals surface area contributed by atoms with E-state index in [9.17, 15) is 0 Å². The first-order valence-corrected chi connectivity index (χ1v) is 6.15. The summed E-state index contributed by atoms with van der Waals surface area (Å²) in [6.07, 6.45) is 3.65. The standard InChI is InChI=1S/C11H16BrN3O/c1-11(2-4-16-5-3-11)15-10-9(12)6-8(13)7-14-10/h6-7H,2-5,13H2,1H3,(H,14,15). The summed E-state index contributed by atoms with van der Waals surface area (Å²) in [5, 5.41) is 3.46. The third kappa shape index (κ3) is 2.65. The van der Waals surface area contributed by atoms with Crippen molar-refractivity contribution in [1.29, 1.82) is 0 Å². The van der Waals surface area contributed by atoms with E-state index in [1.807, 2.05) is 6.07 Å². The summed E-state index contributed by atoms with van der Waals surface area (Å²) in [6.45, 7) is 3.80. The number of hydrogen-bond acceptors (Lipinski definition) is 4. The van der Waals surface area contributed by atoms with Crippen LogP contribution in [0.5, 0.6) is 0 Å². The van der Waals surface area contributed by atoms with Crippen LogP contribution in [-0.4, -0.2) is 23.7 Å². The highest BCUT2D eigenvalue weighted by molar-refractivity contribution is 9.10. The molecule has 4 nitrogen and oxygen atoms in total. The smallest absolute Gasteiger partial charge is 0.140 e. The molecule has 5 heteroatoms. The van der Waals surface area contributed by atoms with Crippen LogP contribution in [0, 0.1) is 0 Å². The lowest BCUT2D eigenvalue weighted by molar-refractivity contribution is 0.0657. The van der Waals surface area contributed by atoms with Gasteiger partial charge in [-0.3, -0.25) is 0 Å². The molecule has 1 aliphatic heterocycles. The van der Waals surface area contributed by atoms with Crippen LogP contribution in [0.25, 0.3) is 0 Å². The number of hydrogen-bond donors (Lipinski definition) is 2. The fourth-order valence-electron chi connectivity index (χ4n) is 1.78. The predicted octanol–water partition coefficient (Wildman–Crippen LogP) is 2.41. The Balaban J connectivity index is 2.13. The highest BCUT2D eigenvalue weighted by atomic mass is 79.9. The van der Waals surface area contributed by atoms with Gasteiger partial charge in [0.25, 0.3) is 0 Å². The average molecular weight is 286 g/mol. The van der Waals surface area contributed by atoms with Gasteiger partial charge in [0, 0.05) is 18.8 Å². The first-order valence-electron chi connectivity index (χ1n) is 5.36. The van der Waals surface area contributed by atoms with E-state index in [-0.39, 0.29) is 5.54 Å². The van der Waals surface area contributed by atoms with Gasteiger partial charge < -0.3 is 15.8 Å². The molecule has 0 atom stereocenters. The van der Waals surface area contributed by atoms with Crippen LogP contribution in [-0.2, 0) is 4.74 Å². The van der Waals surface area contributed by atoms with Gasteiger partial charge in [0.1, 0.15) is 5.82 Å². The van der Waals surface area contributed by atoms with Crippen molar-refractivity contribution in [1.82, 2.24) is 4.98 Å². The summed E-state index contributed by atoms with van der Waals surface area (Å²) in [4.78, 5) is 4.29. The zero-order valence-electron chi connectivity index (χ0n) is 9.29. The number of rotatable bonds is 2. The van der Waals surface area contributed by atoms with Gasteiger partial charge in [0.2, 0.25) is 0 Å². The summed E-state index contributed by atoms with van der Waals surface area (Å²) in [5.74, 6) is 0.846. The van der Waals surface area contributed by atoms with Crippen LogP contribution in [0.3, 0.4) is 0 Å².